The second-order valence-corrected chi connectivity index (χ2v) is 3.47. The molecule has 0 aliphatic rings. The Morgan fingerprint density at radius 2 is 2.43 bits per heavy atom. The fourth-order valence-electron chi connectivity index (χ4n) is 1.23. The lowest BCUT2D eigenvalue weighted by Gasteiger charge is -2.03. The van der Waals surface area contributed by atoms with Gasteiger partial charge in [-0.2, -0.15) is 5.10 Å². The van der Waals surface area contributed by atoms with Crippen LogP contribution in [0.1, 0.15) is 18.5 Å². The topological polar surface area (TPSA) is 69.1 Å². The number of aromatic nitrogens is 4. The SMILES string of the molecule is CC(CN)c1nc2nnccn2c1Cl. The standard InChI is InChI=1S/C8H10ClN5/c1-5(4-10)6-7(9)14-3-2-11-13-8(14)12-6/h2-3,5H,4,10H2,1H3. The number of imidazole rings is 1. The number of rotatable bonds is 2. The van der Waals surface area contributed by atoms with Crippen LogP contribution in [0.15, 0.2) is 12.4 Å². The zero-order valence-electron chi connectivity index (χ0n) is 7.68. The van der Waals surface area contributed by atoms with Crippen LogP contribution < -0.4 is 5.73 Å². The number of hydrogen-bond acceptors (Lipinski definition) is 4. The van der Waals surface area contributed by atoms with Crippen LogP contribution in [0.25, 0.3) is 5.78 Å². The van der Waals surface area contributed by atoms with Crippen molar-refractivity contribution in [3.63, 3.8) is 0 Å². The Labute approximate surface area is 85.9 Å². The van der Waals surface area contributed by atoms with Crippen LogP contribution in [-0.2, 0) is 0 Å². The third kappa shape index (κ3) is 1.34. The van der Waals surface area contributed by atoms with Crippen LogP contribution in [0.5, 0.6) is 0 Å². The minimum absolute atomic E-state index is 0.129. The molecule has 0 spiro atoms. The van der Waals surface area contributed by atoms with Gasteiger partial charge in [0.05, 0.1) is 11.9 Å². The number of nitrogens with two attached hydrogens (primary N) is 1. The zero-order chi connectivity index (χ0) is 10.1. The molecule has 1 unspecified atom stereocenters. The van der Waals surface area contributed by atoms with Gasteiger partial charge in [0.25, 0.3) is 5.78 Å². The molecule has 0 amide bonds. The first-order valence-electron chi connectivity index (χ1n) is 4.29. The van der Waals surface area contributed by atoms with Gasteiger partial charge in [-0.15, -0.1) is 5.10 Å². The summed E-state index contributed by atoms with van der Waals surface area (Å²) in [5, 5.41) is 8.15. The molecule has 2 heterocycles. The summed E-state index contributed by atoms with van der Waals surface area (Å²) in [6.07, 6.45) is 3.29. The molecule has 0 aliphatic carbocycles. The van der Waals surface area contributed by atoms with Crippen LogP contribution in [0.3, 0.4) is 0 Å². The molecule has 74 valence electrons. The molecule has 14 heavy (non-hydrogen) atoms. The van der Waals surface area contributed by atoms with E-state index in [1.165, 1.54) is 0 Å². The fraction of sp³-hybridized carbons (Fsp3) is 0.375. The predicted molar refractivity (Wildman–Crippen MR) is 53.3 cm³/mol. The van der Waals surface area contributed by atoms with Crippen molar-refractivity contribution in [3.8, 4) is 0 Å². The van der Waals surface area contributed by atoms with Crippen LogP contribution in [0.2, 0.25) is 5.15 Å². The average Bonchev–Trinajstić information content (AvgIpc) is 2.56. The first-order valence-corrected chi connectivity index (χ1v) is 4.67. The quantitative estimate of drug-likeness (QED) is 0.799. The van der Waals surface area contributed by atoms with E-state index in [1.807, 2.05) is 6.92 Å². The van der Waals surface area contributed by atoms with Crippen molar-refractivity contribution in [2.24, 2.45) is 5.73 Å². The molecular formula is C8H10ClN5. The highest BCUT2D eigenvalue weighted by Gasteiger charge is 2.15. The van der Waals surface area contributed by atoms with E-state index in [0.29, 0.717) is 17.5 Å². The second kappa shape index (κ2) is 3.51. The van der Waals surface area contributed by atoms with Crippen LogP contribution in [0, 0.1) is 0 Å². The van der Waals surface area contributed by atoms with E-state index in [0.717, 1.165) is 5.69 Å². The number of fused-ring (bicyclic) bond motifs is 1. The van der Waals surface area contributed by atoms with Gasteiger partial charge in [0.1, 0.15) is 5.15 Å². The summed E-state index contributed by atoms with van der Waals surface area (Å²) in [4.78, 5) is 4.26. The Morgan fingerprint density at radius 3 is 3.07 bits per heavy atom. The summed E-state index contributed by atoms with van der Waals surface area (Å²) in [5.74, 6) is 0.636. The Bertz CT molecular complexity index is 452. The van der Waals surface area contributed by atoms with E-state index in [-0.39, 0.29) is 5.92 Å². The molecule has 2 aromatic rings. The normalized spacial score (nSPS) is 13.4. The van der Waals surface area contributed by atoms with Crippen molar-refractivity contribution in [2.45, 2.75) is 12.8 Å². The van der Waals surface area contributed by atoms with Gasteiger partial charge < -0.3 is 5.73 Å². The van der Waals surface area contributed by atoms with Crippen molar-refractivity contribution in [1.82, 2.24) is 19.6 Å². The van der Waals surface area contributed by atoms with E-state index in [1.54, 1.807) is 16.8 Å². The molecule has 0 saturated heterocycles. The smallest absolute Gasteiger partial charge is 0.255 e. The molecule has 2 rings (SSSR count). The van der Waals surface area contributed by atoms with Gasteiger partial charge in [-0.25, -0.2) is 4.98 Å². The molecule has 0 saturated carbocycles. The van der Waals surface area contributed by atoms with Gasteiger partial charge in [-0.1, -0.05) is 18.5 Å². The maximum atomic E-state index is 6.11. The maximum absolute atomic E-state index is 6.11. The van der Waals surface area contributed by atoms with E-state index >= 15 is 0 Å². The summed E-state index contributed by atoms with van der Waals surface area (Å²) in [7, 11) is 0. The van der Waals surface area contributed by atoms with Gasteiger partial charge in [0, 0.05) is 18.7 Å². The van der Waals surface area contributed by atoms with Crippen LogP contribution >= 0.6 is 11.6 Å². The molecule has 0 radical (unpaired) electrons. The van der Waals surface area contributed by atoms with Crippen LogP contribution in [-0.4, -0.2) is 26.1 Å². The van der Waals surface area contributed by atoms with E-state index in [4.69, 9.17) is 17.3 Å². The lowest BCUT2D eigenvalue weighted by atomic mass is 10.1. The summed E-state index contributed by atoms with van der Waals surface area (Å²) < 4.78 is 1.69. The van der Waals surface area contributed by atoms with Crippen molar-refractivity contribution >= 4 is 17.4 Å². The Balaban J connectivity index is 2.62. The zero-order valence-corrected chi connectivity index (χ0v) is 8.44. The molecule has 2 N–H and O–H groups in total. The third-order valence-electron chi connectivity index (χ3n) is 2.11. The molecule has 0 fully saturated rings. The minimum atomic E-state index is 0.129. The molecule has 0 bridgehead atoms. The molecule has 0 aliphatic heterocycles. The summed E-state index contributed by atoms with van der Waals surface area (Å²) in [5.41, 5.74) is 6.32. The largest absolute Gasteiger partial charge is 0.330 e. The van der Waals surface area contributed by atoms with Crippen LogP contribution in [0.4, 0.5) is 0 Å². The monoisotopic (exact) mass is 211 g/mol. The fourth-order valence-corrected chi connectivity index (χ4v) is 1.59. The Kier molecular flexibility index (Phi) is 2.35. The van der Waals surface area contributed by atoms with Crippen molar-refractivity contribution in [1.29, 1.82) is 0 Å². The molecule has 5 nitrogen and oxygen atoms in total. The van der Waals surface area contributed by atoms with Crippen molar-refractivity contribution < 1.29 is 0 Å². The lowest BCUT2D eigenvalue weighted by Crippen LogP contribution is -2.09. The summed E-state index contributed by atoms with van der Waals surface area (Å²) >= 11 is 6.11. The van der Waals surface area contributed by atoms with Gasteiger partial charge in [0.15, 0.2) is 0 Å². The number of nitrogens with zero attached hydrogens (tertiary/aromatic N) is 4. The highest BCUT2D eigenvalue weighted by atomic mass is 35.5. The first kappa shape index (κ1) is 9.36. The first-order chi connectivity index (χ1) is 6.74. The highest BCUT2D eigenvalue weighted by Crippen LogP contribution is 2.23. The maximum Gasteiger partial charge on any atom is 0.255 e. The van der Waals surface area contributed by atoms with E-state index < -0.39 is 0 Å². The van der Waals surface area contributed by atoms with Crippen molar-refractivity contribution in [3.05, 3.63) is 23.2 Å². The highest BCUT2D eigenvalue weighted by molar-refractivity contribution is 6.30. The molecule has 1 atom stereocenters. The van der Waals surface area contributed by atoms with E-state index in [9.17, 15) is 0 Å². The van der Waals surface area contributed by atoms with Gasteiger partial charge >= 0.3 is 0 Å². The third-order valence-corrected chi connectivity index (χ3v) is 2.48. The molecule has 0 aromatic carbocycles. The predicted octanol–water partition coefficient (Wildman–Crippen LogP) is 0.840. The number of halogens is 1. The van der Waals surface area contributed by atoms with E-state index in [2.05, 4.69) is 15.2 Å². The second-order valence-electron chi connectivity index (χ2n) is 3.11. The summed E-state index contributed by atoms with van der Waals surface area (Å²) in [6.45, 7) is 2.48. The Hall–Kier alpha value is -1.20. The van der Waals surface area contributed by atoms with Gasteiger partial charge in [-0.05, 0) is 0 Å². The summed E-state index contributed by atoms with van der Waals surface area (Å²) in [6, 6.07) is 0. The molecule has 6 heteroatoms. The van der Waals surface area contributed by atoms with Crippen molar-refractivity contribution in [2.75, 3.05) is 6.54 Å². The number of hydrogen-bond donors (Lipinski definition) is 1. The molecular weight excluding hydrogens is 202 g/mol. The van der Waals surface area contributed by atoms with Gasteiger partial charge in [-0.3, -0.25) is 4.40 Å². The minimum Gasteiger partial charge on any atom is -0.330 e. The molecule has 2 aromatic heterocycles. The average molecular weight is 212 g/mol. The lowest BCUT2D eigenvalue weighted by molar-refractivity contribution is 0.752. The van der Waals surface area contributed by atoms with Gasteiger partial charge in [0.2, 0.25) is 0 Å². The Morgan fingerprint density at radius 1 is 1.64 bits per heavy atom.